The maximum atomic E-state index is 9.08. The zero-order chi connectivity index (χ0) is 7.49. The van der Waals surface area contributed by atoms with Crippen molar-refractivity contribution >= 4 is 0 Å². The van der Waals surface area contributed by atoms with Crippen molar-refractivity contribution in [1.29, 1.82) is 0 Å². The van der Waals surface area contributed by atoms with E-state index in [9.17, 15) is 0 Å². The molecule has 0 radical (unpaired) electrons. The molecule has 0 saturated heterocycles. The number of hydrogen-bond donors (Lipinski definition) is 3. The molecule has 3 heteroatoms. The van der Waals surface area contributed by atoms with Crippen LogP contribution in [0.4, 0.5) is 0 Å². The zero-order valence-electron chi connectivity index (χ0n) is 5.83. The van der Waals surface area contributed by atoms with E-state index >= 15 is 0 Å². The van der Waals surface area contributed by atoms with E-state index in [0.29, 0.717) is 0 Å². The van der Waals surface area contributed by atoms with Crippen LogP contribution in [0.2, 0.25) is 0 Å². The lowest BCUT2D eigenvalue weighted by atomic mass is 10.0. The Morgan fingerprint density at radius 1 is 1.56 bits per heavy atom. The molecule has 56 valence electrons. The SMILES string of the molecule is C[C@@H](O)C[C@@](C)(O)CO. The second kappa shape index (κ2) is 3.15. The molecule has 0 aliphatic carbocycles. The summed E-state index contributed by atoms with van der Waals surface area (Å²) in [5.74, 6) is 0. The fourth-order valence-corrected chi connectivity index (χ4v) is 0.701. The van der Waals surface area contributed by atoms with Crippen molar-refractivity contribution in [2.75, 3.05) is 6.61 Å². The predicted octanol–water partition coefficient (Wildman–Crippen LogP) is -0.499. The summed E-state index contributed by atoms with van der Waals surface area (Å²) in [4.78, 5) is 0. The lowest BCUT2D eigenvalue weighted by Gasteiger charge is -2.21. The van der Waals surface area contributed by atoms with Crippen molar-refractivity contribution in [1.82, 2.24) is 0 Å². The molecule has 0 rings (SSSR count). The molecule has 3 N–H and O–H groups in total. The van der Waals surface area contributed by atoms with Gasteiger partial charge in [0, 0.05) is 6.42 Å². The van der Waals surface area contributed by atoms with E-state index in [1.165, 1.54) is 6.92 Å². The lowest BCUT2D eigenvalue weighted by molar-refractivity contribution is -0.0323. The van der Waals surface area contributed by atoms with Crippen LogP contribution in [0.25, 0.3) is 0 Å². The average molecular weight is 134 g/mol. The highest BCUT2D eigenvalue weighted by atomic mass is 16.3. The van der Waals surface area contributed by atoms with Gasteiger partial charge in [0.1, 0.15) is 0 Å². The largest absolute Gasteiger partial charge is 0.393 e. The first-order valence-corrected chi connectivity index (χ1v) is 2.99. The quantitative estimate of drug-likeness (QED) is 0.487. The monoisotopic (exact) mass is 134 g/mol. The Kier molecular flexibility index (Phi) is 3.11. The zero-order valence-corrected chi connectivity index (χ0v) is 5.83. The Bertz CT molecular complexity index is 78.4. The van der Waals surface area contributed by atoms with Gasteiger partial charge in [-0.25, -0.2) is 0 Å². The van der Waals surface area contributed by atoms with Gasteiger partial charge in [-0.1, -0.05) is 0 Å². The minimum atomic E-state index is -1.13. The number of aliphatic hydroxyl groups excluding tert-OH is 2. The highest BCUT2D eigenvalue weighted by molar-refractivity contribution is 4.72. The van der Waals surface area contributed by atoms with Crippen LogP contribution in [0, 0.1) is 0 Å². The van der Waals surface area contributed by atoms with Gasteiger partial charge in [0.05, 0.1) is 18.3 Å². The van der Waals surface area contributed by atoms with Crippen LogP contribution >= 0.6 is 0 Å². The van der Waals surface area contributed by atoms with Crippen LogP contribution in [0.3, 0.4) is 0 Å². The summed E-state index contributed by atoms with van der Waals surface area (Å²) in [7, 11) is 0. The van der Waals surface area contributed by atoms with Gasteiger partial charge in [-0.15, -0.1) is 0 Å². The smallest absolute Gasteiger partial charge is 0.0873 e. The second-order valence-corrected chi connectivity index (χ2v) is 2.71. The van der Waals surface area contributed by atoms with Crippen LogP contribution in [0.5, 0.6) is 0 Å². The molecule has 0 aromatic rings. The highest BCUT2D eigenvalue weighted by Crippen LogP contribution is 2.09. The number of hydrogen-bond acceptors (Lipinski definition) is 3. The summed E-state index contributed by atoms with van der Waals surface area (Å²) >= 11 is 0. The van der Waals surface area contributed by atoms with Gasteiger partial charge in [0.15, 0.2) is 0 Å². The second-order valence-electron chi connectivity index (χ2n) is 2.71. The molecular weight excluding hydrogens is 120 g/mol. The molecule has 2 atom stereocenters. The molecule has 0 amide bonds. The molecule has 3 nitrogen and oxygen atoms in total. The third-order valence-electron chi connectivity index (χ3n) is 1.08. The van der Waals surface area contributed by atoms with Crippen LogP contribution in [-0.2, 0) is 0 Å². The summed E-state index contributed by atoms with van der Waals surface area (Å²) in [6.45, 7) is 2.75. The molecule has 0 heterocycles. The molecule has 9 heavy (non-hydrogen) atoms. The van der Waals surface area contributed by atoms with E-state index in [-0.39, 0.29) is 13.0 Å². The van der Waals surface area contributed by atoms with Crippen molar-refractivity contribution < 1.29 is 15.3 Å². The minimum Gasteiger partial charge on any atom is -0.393 e. The third-order valence-corrected chi connectivity index (χ3v) is 1.08. The van der Waals surface area contributed by atoms with Gasteiger partial charge in [-0.3, -0.25) is 0 Å². The molecule has 0 aliphatic rings. The summed E-state index contributed by atoms with van der Waals surface area (Å²) in [6, 6.07) is 0. The Morgan fingerprint density at radius 2 is 2.00 bits per heavy atom. The maximum absolute atomic E-state index is 9.08. The van der Waals surface area contributed by atoms with Gasteiger partial charge in [-0.2, -0.15) is 0 Å². The Morgan fingerprint density at radius 3 is 2.11 bits per heavy atom. The lowest BCUT2D eigenvalue weighted by Crippen LogP contribution is -2.32. The molecule has 0 spiro atoms. The first-order chi connectivity index (χ1) is 3.98. The van der Waals surface area contributed by atoms with E-state index in [0.717, 1.165) is 0 Å². The minimum absolute atomic E-state index is 0.212. The van der Waals surface area contributed by atoms with Crippen molar-refractivity contribution in [3.8, 4) is 0 Å². The first kappa shape index (κ1) is 8.88. The summed E-state index contributed by atoms with van der Waals surface area (Å²) in [5.41, 5.74) is -1.13. The Labute approximate surface area is 54.9 Å². The van der Waals surface area contributed by atoms with Gasteiger partial charge in [0.25, 0.3) is 0 Å². The molecule has 0 aliphatic heterocycles. The molecule has 0 bridgehead atoms. The van der Waals surface area contributed by atoms with E-state index in [1.807, 2.05) is 0 Å². The standard InChI is InChI=1S/C6H14O3/c1-5(8)3-6(2,9)4-7/h5,7-9H,3-4H2,1-2H3/t5-,6-/m1/s1. The van der Waals surface area contributed by atoms with Crippen molar-refractivity contribution in [3.05, 3.63) is 0 Å². The Balaban J connectivity index is 3.58. The molecule has 0 saturated carbocycles. The summed E-state index contributed by atoms with van der Waals surface area (Å²) in [5, 5.41) is 26.3. The van der Waals surface area contributed by atoms with Gasteiger partial charge >= 0.3 is 0 Å². The molecule has 0 aromatic heterocycles. The fraction of sp³-hybridized carbons (Fsp3) is 1.00. The van der Waals surface area contributed by atoms with Crippen LogP contribution in [0.1, 0.15) is 20.3 Å². The summed E-state index contributed by atoms with van der Waals surface area (Å²) < 4.78 is 0. The van der Waals surface area contributed by atoms with Gasteiger partial charge in [-0.05, 0) is 13.8 Å². The fourth-order valence-electron chi connectivity index (χ4n) is 0.701. The van der Waals surface area contributed by atoms with Crippen molar-refractivity contribution in [3.63, 3.8) is 0 Å². The topological polar surface area (TPSA) is 60.7 Å². The normalized spacial score (nSPS) is 21.0. The van der Waals surface area contributed by atoms with Crippen LogP contribution in [-0.4, -0.2) is 33.6 Å². The summed E-state index contributed by atoms with van der Waals surface area (Å²) in [6.07, 6.45) is -0.351. The molecule has 0 fully saturated rings. The predicted molar refractivity (Wildman–Crippen MR) is 34.0 cm³/mol. The highest BCUT2D eigenvalue weighted by Gasteiger charge is 2.20. The molecular formula is C6H14O3. The van der Waals surface area contributed by atoms with E-state index in [4.69, 9.17) is 15.3 Å². The van der Waals surface area contributed by atoms with E-state index in [2.05, 4.69) is 0 Å². The van der Waals surface area contributed by atoms with E-state index < -0.39 is 11.7 Å². The number of rotatable bonds is 3. The van der Waals surface area contributed by atoms with E-state index in [1.54, 1.807) is 6.92 Å². The molecule has 0 aromatic carbocycles. The van der Waals surface area contributed by atoms with Crippen LogP contribution in [0.15, 0.2) is 0 Å². The Hall–Kier alpha value is -0.120. The van der Waals surface area contributed by atoms with Crippen LogP contribution < -0.4 is 0 Å². The van der Waals surface area contributed by atoms with Crippen molar-refractivity contribution in [2.24, 2.45) is 0 Å². The van der Waals surface area contributed by atoms with Gasteiger partial charge in [0.2, 0.25) is 0 Å². The van der Waals surface area contributed by atoms with Gasteiger partial charge < -0.3 is 15.3 Å². The average Bonchev–Trinajstić information content (AvgIpc) is 1.63. The number of aliphatic hydroxyl groups is 3. The first-order valence-electron chi connectivity index (χ1n) is 2.99. The third kappa shape index (κ3) is 4.39. The molecule has 0 unspecified atom stereocenters. The maximum Gasteiger partial charge on any atom is 0.0873 e. The van der Waals surface area contributed by atoms with Crippen molar-refractivity contribution in [2.45, 2.75) is 32.0 Å².